The molecule has 0 aromatic rings. The van der Waals surface area contributed by atoms with Gasteiger partial charge < -0.3 is 15.3 Å². The zero-order chi connectivity index (χ0) is 16.0. The molecule has 0 spiro atoms. The van der Waals surface area contributed by atoms with Gasteiger partial charge in [-0.25, -0.2) is 0 Å². The van der Waals surface area contributed by atoms with Gasteiger partial charge in [-0.2, -0.15) is 13.2 Å². The first-order chi connectivity index (χ1) is 9.67. The monoisotopic (exact) mass is 310 g/mol. The molecule has 1 fully saturated rings. The molecule has 21 heavy (non-hydrogen) atoms. The van der Waals surface area contributed by atoms with E-state index in [4.69, 9.17) is 5.11 Å². The molecule has 2 N–H and O–H groups in total. The lowest BCUT2D eigenvalue weighted by atomic mass is 9.93. The first-order valence-corrected chi connectivity index (χ1v) is 6.50. The van der Waals surface area contributed by atoms with Crippen LogP contribution >= 0.6 is 0 Å². The molecule has 1 heterocycles. The van der Waals surface area contributed by atoms with Crippen LogP contribution in [0.3, 0.4) is 0 Å². The molecule has 0 aliphatic carbocycles. The first-order valence-electron chi connectivity index (χ1n) is 6.50. The number of nitrogens with zero attached hydrogens (tertiary/aromatic N) is 1. The third-order valence-electron chi connectivity index (χ3n) is 3.23. The van der Waals surface area contributed by atoms with Crippen molar-refractivity contribution in [3.8, 4) is 0 Å². The number of nitrogens with one attached hydrogen (secondary N) is 1. The smallest absolute Gasteiger partial charge is 0.405 e. The van der Waals surface area contributed by atoms with Crippen molar-refractivity contribution in [2.75, 3.05) is 19.6 Å². The summed E-state index contributed by atoms with van der Waals surface area (Å²) in [5.74, 6) is -2.41. The molecule has 1 saturated heterocycles. The zero-order valence-corrected chi connectivity index (χ0v) is 11.3. The van der Waals surface area contributed by atoms with Crippen LogP contribution in [0, 0.1) is 5.92 Å². The molecule has 2 amide bonds. The molecule has 0 atom stereocenters. The number of amides is 2. The number of rotatable bonds is 5. The Labute approximate surface area is 119 Å². The van der Waals surface area contributed by atoms with Crippen molar-refractivity contribution < 1.29 is 32.7 Å². The second-order valence-electron chi connectivity index (χ2n) is 4.99. The summed E-state index contributed by atoms with van der Waals surface area (Å²) in [5, 5.41) is 10.3. The Bertz CT molecular complexity index is 404. The fourth-order valence-corrected chi connectivity index (χ4v) is 2.14. The van der Waals surface area contributed by atoms with Gasteiger partial charge in [-0.3, -0.25) is 14.4 Å². The molecule has 0 saturated carbocycles. The number of hydrogen-bond acceptors (Lipinski definition) is 3. The molecule has 0 bridgehead atoms. The Morgan fingerprint density at radius 2 is 1.76 bits per heavy atom. The molecular formula is C12H17F3N2O4. The lowest BCUT2D eigenvalue weighted by Crippen LogP contribution is -2.42. The summed E-state index contributed by atoms with van der Waals surface area (Å²) in [6.45, 7) is -0.813. The largest absolute Gasteiger partial charge is 0.481 e. The van der Waals surface area contributed by atoms with E-state index in [0.717, 1.165) is 0 Å². The molecule has 1 aliphatic rings. The number of hydrogen-bond donors (Lipinski definition) is 2. The predicted octanol–water partition coefficient (Wildman–Crippen LogP) is 0.768. The van der Waals surface area contributed by atoms with E-state index in [9.17, 15) is 27.6 Å². The highest BCUT2D eigenvalue weighted by atomic mass is 19.4. The maximum absolute atomic E-state index is 11.9. The van der Waals surface area contributed by atoms with Crippen LogP contribution in [-0.2, 0) is 14.4 Å². The third kappa shape index (κ3) is 6.96. The van der Waals surface area contributed by atoms with E-state index in [1.165, 1.54) is 4.90 Å². The molecule has 1 aliphatic heterocycles. The molecule has 0 aromatic heterocycles. The van der Waals surface area contributed by atoms with Gasteiger partial charge in [-0.05, 0) is 18.8 Å². The van der Waals surface area contributed by atoms with E-state index >= 15 is 0 Å². The Morgan fingerprint density at radius 3 is 2.24 bits per heavy atom. The first kappa shape index (κ1) is 17.3. The van der Waals surface area contributed by atoms with E-state index in [2.05, 4.69) is 0 Å². The fourth-order valence-electron chi connectivity index (χ4n) is 2.14. The van der Waals surface area contributed by atoms with Crippen molar-refractivity contribution in [2.24, 2.45) is 5.92 Å². The van der Waals surface area contributed by atoms with Crippen LogP contribution in [-0.4, -0.2) is 53.6 Å². The average Bonchev–Trinajstić information content (AvgIpc) is 2.35. The Hall–Kier alpha value is -1.80. The van der Waals surface area contributed by atoms with Gasteiger partial charge in [0, 0.05) is 19.5 Å². The van der Waals surface area contributed by atoms with Gasteiger partial charge in [-0.1, -0.05) is 0 Å². The topological polar surface area (TPSA) is 86.7 Å². The highest BCUT2D eigenvalue weighted by Gasteiger charge is 2.29. The molecule has 6 nitrogen and oxygen atoms in total. The quantitative estimate of drug-likeness (QED) is 0.734. The van der Waals surface area contributed by atoms with Crippen LogP contribution in [0.4, 0.5) is 13.2 Å². The molecule has 0 aromatic carbocycles. The Balaban J connectivity index is 2.30. The van der Waals surface area contributed by atoms with Crippen molar-refractivity contribution in [3.63, 3.8) is 0 Å². The van der Waals surface area contributed by atoms with Gasteiger partial charge in [-0.15, -0.1) is 0 Å². The number of carboxylic acid groups (broad SMARTS) is 1. The SMILES string of the molecule is O=C(O)CC1CCN(C(=O)CC(=O)NCC(F)(F)F)CC1. The second kappa shape index (κ2) is 7.28. The number of carboxylic acids is 1. The second-order valence-corrected chi connectivity index (χ2v) is 4.99. The summed E-state index contributed by atoms with van der Waals surface area (Å²) in [5.41, 5.74) is 0. The maximum Gasteiger partial charge on any atom is 0.405 e. The van der Waals surface area contributed by atoms with Crippen molar-refractivity contribution in [1.82, 2.24) is 10.2 Å². The van der Waals surface area contributed by atoms with Gasteiger partial charge in [0.25, 0.3) is 0 Å². The number of likely N-dealkylation sites (tertiary alicyclic amines) is 1. The van der Waals surface area contributed by atoms with Crippen molar-refractivity contribution in [3.05, 3.63) is 0 Å². The molecule has 0 radical (unpaired) electrons. The summed E-state index contributed by atoms with van der Waals surface area (Å²) < 4.78 is 35.7. The predicted molar refractivity (Wildman–Crippen MR) is 65.2 cm³/mol. The van der Waals surface area contributed by atoms with E-state index in [0.29, 0.717) is 25.9 Å². The van der Waals surface area contributed by atoms with Gasteiger partial charge in [0.1, 0.15) is 13.0 Å². The minimum absolute atomic E-state index is 0.00870. The minimum atomic E-state index is -4.51. The van der Waals surface area contributed by atoms with Crippen LogP contribution < -0.4 is 5.32 Å². The summed E-state index contributed by atoms with van der Waals surface area (Å²) in [4.78, 5) is 34.9. The van der Waals surface area contributed by atoms with Crippen LogP contribution in [0.5, 0.6) is 0 Å². The number of alkyl halides is 3. The third-order valence-corrected chi connectivity index (χ3v) is 3.23. The zero-order valence-electron chi connectivity index (χ0n) is 11.3. The Kier molecular flexibility index (Phi) is 5.98. The number of carbonyl (C=O) groups is 3. The highest BCUT2D eigenvalue weighted by molar-refractivity contribution is 5.96. The maximum atomic E-state index is 11.9. The normalized spacial score (nSPS) is 16.6. The summed E-state index contributed by atoms with van der Waals surface area (Å²) in [6.07, 6.45) is -4.06. The Morgan fingerprint density at radius 1 is 1.19 bits per heavy atom. The molecule has 120 valence electrons. The summed E-state index contributed by atoms with van der Waals surface area (Å²) in [6, 6.07) is 0. The van der Waals surface area contributed by atoms with Crippen LogP contribution in [0.1, 0.15) is 25.7 Å². The van der Waals surface area contributed by atoms with Gasteiger partial charge >= 0.3 is 12.1 Å². The number of halogens is 3. The van der Waals surface area contributed by atoms with E-state index < -0.39 is 36.9 Å². The summed E-state index contributed by atoms with van der Waals surface area (Å²) in [7, 11) is 0. The van der Waals surface area contributed by atoms with Crippen LogP contribution in [0.2, 0.25) is 0 Å². The number of aliphatic carboxylic acids is 1. The summed E-state index contributed by atoms with van der Waals surface area (Å²) >= 11 is 0. The number of piperidine rings is 1. The molecule has 0 unspecified atom stereocenters. The standard InChI is InChI=1S/C12H17F3N2O4/c13-12(14,15)7-16-9(18)6-10(19)17-3-1-8(2-4-17)5-11(20)21/h8H,1-7H2,(H,16,18)(H,20,21). The van der Waals surface area contributed by atoms with Gasteiger partial charge in [0.05, 0.1) is 0 Å². The lowest BCUT2D eigenvalue weighted by Gasteiger charge is -2.31. The molecular weight excluding hydrogens is 293 g/mol. The number of carbonyl (C=O) groups excluding carboxylic acids is 2. The fraction of sp³-hybridized carbons (Fsp3) is 0.750. The lowest BCUT2D eigenvalue weighted by molar-refractivity contribution is -0.144. The van der Waals surface area contributed by atoms with E-state index in [1.54, 1.807) is 5.32 Å². The van der Waals surface area contributed by atoms with Gasteiger partial charge in [0.15, 0.2) is 0 Å². The molecule has 9 heteroatoms. The van der Waals surface area contributed by atoms with E-state index in [1.807, 2.05) is 0 Å². The van der Waals surface area contributed by atoms with Crippen molar-refractivity contribution >= 4 is 17.8 Å². The van der Waals surface area contributed by atoms with Crippen molar-refractivity contribution in [2.45, 2.75) is 31.9 Å². The van der Waals surface area contributed by atoms with E-state index in [-0.39, 0.29) is 12.3 Å². The van der Waals surface area contributed by atoms with Gasteiger partial charge in [0.2, 0.25) is 11.8 Å². The van der Waals surface area contributed by atoms with Crippen LogP contribution in [0.15, 0.2) is 0 Å². The minimum Gasteiger partial charge on any atom is -0.481 e. The van der Waals surface area contributed by atoms with Crippen molar-refractivity contribution in [1.29, 1.82) is 0 Å². The van der Waals surface area contributed by atoms with Crippen LogP contribution in [0.25, 0.3) is 0 Å². The molecule has 1 rings (SSSR count). The average molecular weight is 310 g/mol. The highest BCUT2D eigenvalue weighted by Crippen LogP contribution is 2.20.